The van der Waals surface area contributed by atoms with Gasteiger partial charge in [-0.05, 0) is 0 Å². The van der Waals surface area contributed by atoms with Gasteiger partial charge in [0, 0.05) is 0 Å². The molecule has 0 aromatic carbocycles. The van der Waals surface area contributed by atoms with E-state index in [0.717, 1.165) is 0 Å². The quantitative estimate of drug-likeness (QED) is 0.617. The minimum Gasteiger partial charge on any atom is -0.464 e. The number of carboxylic acid groups (broad SMARTS) is 1. The van der Waals surface area contributed by atoms with E-state index in [0.29, 0.717) is 4.31 Å². The Morgan fingerprint density at radius 2 is 2.55 bits per heavy atom. The van der Waals surface area contributed by atoms with Gasteiger partial charge in [-0.3, -0.25) is 4.18 Å². The Labute approximate surface area is 64.5 Å². The van der Waals surface area contributed by atoms with Crippen molar-refractivity contribution in [1.82, 2.24) is 4.31 Å². The fourth-order valence-electron chi connectivity index (χ4n) is 0.710. The molecule has 1 unspecified atom stereocenters. The minimum atomic E-state index is -2.03. The van der Waals surface area contributed by atoms with Crippen LogP contribution >= 0.6 is 0 Å². The maximum absolute atomic E-state index is 12.0. The molecule has 1 N–H and O–H groups in total. The van der Waals surface area contributed by atoms with Gasteiger partial charge in [0.05, 0.1) is 6.61 Å². The van der Waals surface area contributed by atoms with Crippen molar-refractivity contribution in [3.8, 4) is 0 Å². The van der Waals surface area contributed by atoms with Crippen LogP contribution in [-0.4, -0.2) is 39.0 Å². The van der Waals surface area contributed by atoms with Crippen LogP contribution in [0.15, 0.2) is 0 Å². The van der Waals surface area contributed by atoms with Gasteiger partial charge in [-0.2, -0.15) is 4.31 Å². The molecule has 1 aliphatic heterocycles. The molecule has 0 saturated carbocycles. The van der Waals surface area contributed by atoms with Crippen molar-refractivity contribution in [2.24, 2.45) is 0 Å². The zero-order valence-corrected chi connectivity index (χ0v) is 6.21. The Morgan fingerprint density at radius 3 is 2.91 bits per heavy atom. The Balaban J connectivity index is 2.71. The van der Waals surface area contributed by atoms with E-state index < -0.39 is 30.1 Å². The number of halogens is 1. The summed E-state index contributed by atoms with van der Waals surface area (Å²) in [6, 6.07) is -0.923. The molecule has 0 aromatic heterocycles. The molecule has 1 fully saturated rings. The molecular formula is C4H6FNO4S. The van der Waals surface area contributed by atoms with Crippen LogP contribution < -0.4 is 0 Å². The van der Waals surface area contributed by atoms with Crippen molar-refractivity contribution < 1.29 is 22.7 Å². The van der Waals surface area contributed by atoms with E-state index in [9.17, 15) is 13.4 Å². The lowest BCUT2D eigenvalue weighted by Crippen LogP contribution is -2.37. The molecule has 1 amide bonds. The summed E-state index contributed by atoms with van der Waals surface area (Å²) in [4.78, 5) is 10.3. The number of alkyl halides is 1. The fourth-order valence-corrected chi connectivity index (χ4v) is 1.59. The number of amides is 1. The maximum Gasteiger partial charge on any atom is 0.421 e. The third kappa shape index (κ3) is 1.48. The smallest absolute Gasteiger partial charge is 0.421 e. The third-order valence-corrected chi connectivity index (χ3v) is 2.33. The van der Waals surface area contributed by atoms with Gasteiger partial charge in [-0.15, -0.1) is 0 Å². The Kier molecular flexibility index (Phi) is 2.40. The molecule has 0 aliphatic carbocycles. The van der Waals surface area contributed by atoms with Crippen LogP contribution in [0.25, 0.3) is 0 Å². The fraction of sp³-hybridized carbons (Fsp3) is 0.750. The molecule has 5 nitrogen and oxygen atoms in total. The van der Waals surface area contributed by atoms with Gasteiger partial charge in [0.25, 0.3) is 11.3 Å². The molecule has 1 heterocycles. The summed E-state index contributed by atoms with van der Waals surface area (Å²) in [6.07, 6.45) is -1.43. The second kappa shape index (κ2) is 3.14. The van der Waals surface area contributed by atoms with Crippen LogP contribution in [0.3, 0.4) is 0 Å². The molecule has 1 rings (SSSR count). The van der Waals surface area contributed by atoms with Gasteiger partial charge in [-0.25, -0.2) is 13.4 Å². The van der Waals surface area contributed by atoms with E-state index in [4.69, 9.17) is 5.11 Å². The average Bonchev–Trinajstić information content (AvgIpc) is 2.30. The number of hydrogen-bond donors (Lipinski definition) is 1. The first-order valence-corrected chi connectivity index (χ1v) is 3.83. The van der Waals surface area contributed by atoms with Gasteiger partial charge >= 0.3 is 6.09 Å². The highest BCUT2D eigenvalue weighted by Gasteiger charge is 2.36. The van der Waals surface area contributed by atoms with Crippen LogP contribution in [0.5, 0.6) is 0 Å². The van der Waals surface area contributed by atoms with Gasteiger partial charge in [0.2, 0.25) is 0 Å². The first-order chi connectivity index (χ1) is 5.16. The monoisotopic (exact) mass is 183 g/mol. The molecule has 1 aliphatic rings. The van der Waals surface area contributed by atoms with Gasteiger partial charge in [-0.1, -0.05) is 0 Å². The minimum absolute atomic E-state index is 0.143. The third-order valence-electron chi connectivity index (χ3n) is 1.22. The molecule has 0 radical (unpaired) electrons. The lowest BCUT2D eigenvalue weighted by molar-refractivity contribution is 0.159. The standard InChI is InChI=1S/C4H6FNO4S/c5-1-3-2-10-11(9)6(3)4(7)8/h3H,1-2H2,(H,7,8)/t3-,11?/m1/s1. The van der Waals surface area contributed by atoms with E-state index in [1.807, 2.05) is 0 Å². The average molecular weight is 183 g/mol. The molecule has 0 aromatic rings. The molecular weight excluding hydrogens is 177 g/mol. The summed E-state index contributed by atoms with van der Waals surface area (Å²) in [5.41, 5.74) is 0. The summed E-state index contributed by atoms with van der Waals surface area (Å²) in [5.74, 6) is 0. The van der Waals surface area contributed by atoms with Crippen LogP contribution in [-0.2, 0) is 15.4 Å². The van der Waals surface area contributed by atoms with Crippen LogP contribution in [0.2, 0.25) is 0 Å². The van der Waals surface area contributed by atoms with Crippen LogP contribution in [0.4, 0.5) is 9.18 Å². The summed E-state index contributed by atoms with van der Waals surface area (Å²) >= 11 is -2.03. The van der Waals surface area contributed by atoms with E-state index in [1.165, 1.54) is 0 Å². The van der Waals surface area contributed by atoms with Crippen molar-refractivity contribution in [1.29, 1.82) is 0 Å². The van der Waals surface area contributed by atoms with Gasteiger partial charge in [0.1, 0.15) is 12.7 Å². The number of rotatable bonds is 1. The van der Waals surface area contributed by atoms with Crippen LogP contribution in [0.1, 0.15) is 0 Å². The SMILES string of the molecule is O=C(O)N1[C@H](CF)COS1=O. The van der Waals surface area contributed by atoms with Crippen molar-refractivity contribution in [3.05, 3.63) is 0 Å². The summed E-state index contributed by atoms with van der Waals surface area (Å²) in [7, 11) is 0. The number of carbonyl (C=O) groups is 1. The first-order valence-electron chi connectivity index (χ1n) is 2.80. The molecule has 1 saturated heterocycles. The number of hydrogen-bond acceptors (Lipinski definition) is 3. The zero-order valence-electron chi connectivity index (χ0n) is 5.40. The Morgan fingerprint density at radius 1 is 1.91 bits per heavy atom. The molecule has 2 atom stereocenters. The lowest BCUT2D eigenvalue weighted by Gasteiger charge is -2.12. The molecule has 0 bridgehead atoms. The van der Waals surface area contributed by atoms with Crippen LogP contribution in [0, 0.1) is 0 Å². The summed E-state index contributed by atoms with van der Waals surface area (Å²) in [5, 5.41) is 8.37. The van der Waals surface area contributed by atoms with Crippen molar-refractivity contribution in [3.63, 3.8) is 0 Å². The Bertz CT molecular complexity index is 199. The number of nitrogens with zero attached hydrogens (tertiary/aromatic N) is 1. The Hall–Kier alpha value is -0.690. The summed E-state index contributed by atoms with van der Waals surface area (Å²) in [6.45, 7) is -1.02. The molecule has 64 valence electrons. The normalized spacial score (nSPS) is 30.8. The maximum atomic E-state index is 12.0. The topological polar surface area (TPSA) is 66.8 Å². The predicted molar refractivity (Wildman–Crippen MR) is 33.7 cm³/mol. The highest BCUT2D eigenvalue weighted by atomic mass is 32.2. The second-order valence-electron chi connectivity index (χ2n) is 1.92. The van der Waals surface area contributed by atoms with E-state index in [1.54, 1.807) is 0 Å². The molecule has 7 heteroatoms. The van der Waals surface area contributed by atoms with Crippen molar-refractivity contribution in [2.45, 2.75) is 6.04 Å². The first kappa shape index (κ1) is 8.41. The highest BCUT2D eigenvalue weighted by Crippen LogP contribution is 2.14. The summed E-state index contributed by atoms with van der Waals surface area (Å²) < 4.78 is 27.5. The molecule has 0 spiro atoms. The van der Waals surface area contributed by atoms with E-state index >= 15 is 0 Å². The van der Waals surface area contributed by atoms with Crippen molar-refractivity contribution >= 4 is 17.4 Å². The molecule has 11 heavy (non-hydrogen) atoms. The highest BCUT2D eigenvalue weighted by molar-refractivity contribution is 7.78. The van der Waals surface area contributed by atoms with Gasteiger partial charge < -0.3 is 5.11 Å². The second-order valence-corrected chi connectivity index (χ2v) is 2.98. The zero-order chi connectivity index (χ0) is 8.43. The van der Waals surface area contributed by atoms with E-state index in [2.05, 4.69) is 4.18 Å². The van der Waals surface area contributed by atoms with Crippen molar-refractivity contribution in [2.75, 3.05) is 13.3 Å². The lowest BCUT2D eigenvalue weighted by atomic mass is 10.3. The predicted octanol–water partition coefficient (Wildman–Crippen LogP) is -0.0866. The largest absolute Gasteiger partial charge is 0.464 e. The van der Waals surface area contributed by atoms with E-state index in [-0.39, 0.29) is 6.61 Å². The van der Waals surface area contributed by atoms with Gasteiger partial charge in [0.15, 0.2) is 0 Å².